The third kappa shape index (κ3) is 6.90. The minimum absolute atomic E-state index is 0.0584. The fourth-order valence-corrected chi connectivity index (χ4v) is 6.25. The maximum absolute atomic E-state index is 12.2. The number of likely N-dealkylation sites (tertiary alicyclic amines) is 1. The average Bonchev–Trinajstić information content (AvgIpc) is 3.42. The number of hydrogen-bond donors (Lipinski definition) is 1. The van der Waals surface area contributed by atoms with Gasteiger partial charge in [0.1, 0.15) is 18.0 Å². The van der Waals surface area contributed by atoms with Gasteiger partial charge in [-0.3, -0.25) is 9.59 Å². The van der Waals surface area contributed by atoms with E-state index < -0.39 is 11.4 Å². The number of fused-ring (bicyclic) bond motifs is 1. The Balaban J connectivity index is 1.80. The number of benzene rings is 1. The van der Waals surface area contributed by atoms with Gasteiger partial charge in [-0.2, -0.15) is 0 Å². The summed E-state index contributed by atoms with van der Waals surface area (Å²) in [4.78, 5) is 31.9. The molecule has 9 heteroatoms. The van der Waals surface area contributed by atoms with Crippen molar-refractivity contribution < 1.29 is 19.4 Å². The zero-order valence-corrected chi connectivity index (χ0v) is 25.2. The third-order valence-corrected chi connectivity index (χ3v) is 8.53. The highest BCUT2D eigenvalue weighted by atomic mass is 35.5. The van der Waals surface area contributed by atoms with Crippen molar-refractivity contribution in [2.24, 2.45) is 5.41 Å². The van der Waals surface area contributed by atoms with Crippen molar-refractivity contribution in [2.45, 2.75) is 83.0 Å². The van der Waals surface area contributed by atoms with Crippen LogP contribution >= 0.6 is 23.4 Å². The molecule has 2 aromatic heterocycles. The highest BCUT2D eigenvalue weighted by Gasteiger charge is 2.33. The van der Waals surface area contributed by atoms with Gasteiger partial charge in [0.15, 0.2) is 0 Å². The first kappa shape index (κ1) is 29.3. The number of halogens is 1. The molecule has 1 fully saturated rings. The van der Waals surface area contributed by atoms with Crippen molar-refractivity contribution in [1.82, 2.24) is 14.5 Å². The minimum Gasteiger partial charge on any atom is -0.490 e. The van der Waals surface area contributed by atoms with Gasteiger partial charge in [-0.15, -0.1) is 11.8 Å². The van der Waals surface area contributed by atoms with E-state index in [-0.39, 0.29) is 16.7 Å². The summed E-state index contributed by atoms with van der Waals surface area (Å²) < 4.78 is 8.21. The average molecular weight is 572 g/mol. The number of hydrogen-bond acceptors (Lipinski definition) is 5. The molecule has 1 atom stereocenters. The Morgan fingerprint density at radius 3 is 2.49 bits per heavy atom. The Labute approximate surface area is 239 Å². The van der Waals surface area contributed by atoms with Crippen LogP contribution in [0.2, 0.25) is 5.02 Å². The van der Waals surface area contributed by atoms with Gasteiger partial charge in [-0.05, 0) is 50.5 Å². The van der Waals surface area contributed by atoms with Gasteiger partial charge in [0.05, 0.1) is 17.7 Å². The van der Waals surface area contributed by atoms with Gasteiger partial charge in [0.25, 0.3) is 0 Å². The summed E-state index contributed by atoms with van der Waals surface area (Å²) in [6.07, 6.45) is 3.97. The maximum atomic E-state index is 12.2. The van der Waals surface area contributed by atoms with Crippen LogP contribution in [0.1, 0.15) is 65.6 Å². The predicted molar refractivity (Wildman–Crippen MR) is 157 cm³/mol. The second kappa shape index (κ2) is 11.4. The molecule has 3 aromatic rings. The van der Waals surface area contributed by atoms with Crippen molar-refractivity contribution in [3.05, 3.63) is 52.8 Å². The lowest BCUT2D eigenvalue weighted by Crippen LogP contribution is -2.37. The summed E-state index contributed by atoms with van der Waals surface area (Å²) in [5.74, 6) is -0.133. The highest BCUT2D eigenvalue weighted by molar-refractivity contribution is 8.00. The van der Waals surface area contributed by atoms with Gasteiger partial charge in [-0.25, -0.2) is 4.98 Å². The number of carboxylic acid groups (broad SMARTS) is 1. The number of carbonyl (C=O) groups is 2. The number of thioether (sulfide) groups is 1. The number of ether oxygens (including phenoxy) is 1. The minimum atomic E-state index is -0.975. The van der Waals surface area contributed by atoms with E-state index in [1.54, 1.807) is 38.7 Å². The van der Waals surface area contributed by atoms with Gasteiger partial charge in [0, 0.05) is 52.2 Å². The fraction of sp³-hybridized carbons (Fsp3) is 0.500. The first-order valence-electron chi connectivity index (χ1n) is 13.3. The molecule has 3 heterocycles. The van der Waals surface area contributed by atoms with E-state index in [4.69, 9.17) is 21.3 Å². The van der Waals surface area contributed by atoms with Gasteiger partial charge < -0.3 is 19.3 Å². The molecule has 0 aliphatic carbocycles. The van der Waals surface area contributed by atoms with Gasteiger partial charge in [0.2, 0.25) is 5.91 Å². The van der Waals surface area contributed by atoms with E-state index in [9.17, 15) is 14.7 Å². The molecular weight excluding hydrogens is 534 g/mol. The molecule has 0 saturated carbocycles. The molecule has 1 N–H and O–H groups in total. The Kier molecular flexibility index (Phi) is 8.57. The molecule has 4 rings (SSSR count). The van der Waals surface area contributed by atoms with Crippen LogP contribution in [0.25, 0.3) is 11.0 Å². The smallest absolute Gasteiger partial charge is 0.309 e. The molecule has 7 nitrogen and oxygen atoms in total. The van der Waals surface area contributed by atoms with E-state index in [1.807, 2.05) is 35.2 Å². The molecule has 1 aliphatic rings. The molecular formula is C30H38ClN3O4S. The normalized spacial score (nSPS) is 16.2. The summed E-state index contributed by atoms with van der Waals surface area (Å²) in [5, 5.41) is 11.6. The van der Waals surface area contributed by atoms with Crippen LogP contribution in [0.15, 0.2) is 41.4 Å². The molecule has 1 aliphatic heterocycles. The van der Waals surface area contributed by atoms with Crippen LogP contribution in [-0.2, 0) is 22.6 Å². The van der Waals surface area contributed by atoms with E-state index in [0.717, 1.165) is 46.6 Å². The Morgan fingerprint density at radius 2 is 1.87 bits per heavy atom. The summed E-state index contributed by atoms with van der Waals surface area (Å²) in [7, 11) is 0. The second-order valence-electron chi connectivity index (χ2n) is 11.9. The van der Waals surface area contributed by atoms with Crippen LogP contribution in [0.3, 0.4) is 0 Å². The molecule has 0 spiro atoms. The largest absolute Gasteiger partial charge is 0.490 e. The van der Waals surface area contributed by atoms with E-state index in [1.165, 1.54) is 0 Å². The number of carbonyl (C=O) groups excluding carboxylic acids is 1. The van der Waals surface area contributed by atoms with E-state index in [0.29, 0.717) is 30.3 Å². The Hall–Kier alpha value is -2.71. The van der Waals surface area contributed by atoms with Crippen molar-refractivity contribution in [1.29, 1.82) is 0 Å². The van der Waals surface area contributed by atoms with Crippen molar-refractivity contribution >= 4 is 46.3 Å². The first-order chi connectivity index (χ1) is 18.2. The fourth-order valence-electron chi connectivity index (χ4n) is 4.95. The molecule has 39 heavy (non-hydrogen) atoms. The summed E-state index contributed by atoms with van der Waals surface area (Å²) in [5.41, 5.74) is 1.80. The summed E-state index contributed by atoms with van der Waals surface area (Å²) >= 11 is 7.85. The number of aromatic nitrogens is 2. The molecule has 0 bridgehead atoms. The second-order valence-corrected chi connectivity index (χ2v) is 14.2. The van der Waals surface area contributed by atoms with Crippen molar-refractivity contribution in [3.63, 3.8) is 0 Å². The van der Waals surface area contributed by atoms with Gasteiger partial charge in [-0.1, -0.05) is 44.5 Å². The maximum Gasteiger partial charge on any atom is 0.309 e. The number of rotatable bonds is 9. The lowest BCUT2D eigenvalue weighted by Gasteiger charge is -2.24. The number of aliphatic carboxylic acids is 1. The molecule has 0 unspecified atom stereocenters. The number of pyridine rings is 1. The molecule has 0 radical (unpaired) electrons. The van der Waals surface area contributed by atoms with Crippen LogP contribution in [0, 0.1) is 5.41 Å². The molecule has 1 saturated heterocycles. The number of nitrogens with zero attached hydrogens (tertiary/aromatic N) is 3. The number of carboxylic acids is 1. The highest BCUT2D eigenvalue weighted by Crippen LogP contribution is 2.43. The molecule has 1 amide bonds. The lowest BCUT2D eigenvalue weighted by molar-refractivity contribution is -0.146. The topological polar surface area (TPSA) is 84.7 Å². The zero-order chi connectivity index (χ0) is 28.5. The summed E-state index contributed by atoms with van der Waals surface area (Å²) in [6, 6.07) is 9.76. The Bertz CT molecular complexity index is 1360. The van der Waals surface area contributed by atoms with Crippen LogP contribution in [0.4, 0.5) is 0 Å². The van der Waals surface area contributed by atoms with E-state index >= 15 is 0 Å². The van der Waals surface area contributed by atoms with Crippen LogP contribution < -0.4 is 4.74 Å². The first-order valence-corrected chi connectivity index (χ1v) is 14.5. The van der Waals surface area contributed by atoms with Gasteiger partial charge >= 0.3 is 5.97 Å². The lowest BCUT2D eigenvalue weighted by atomic mass is 9.88. The summed E-state index contributed by atoms with van der Waals surface area (Å²) in [6.45, 7) is 13.3. The van der Waals surface area contributed by atoms with Crippen LogP contribution in [0.5, 0.6) is 5.75 Å². The third-order valence-electron chi connectivity index (χ3n) is 7.00. The molecule has 1 aromatic carbocycles. The van der Waals surface area contributed by atoms with Crippen molar-refractivity contribution in [2.75, 3.05) is 13.2 Å². The standard InChI is InChI=1S/C30H38ClN3O4S/c1-19(35)33-13-7-8-22(33)18-38-23-14-24-26(39-29(2,3)4)25(15-30(5,6)28(36)37)34(27(24)32-16-23)17-20-9-11-21(31)12-10-20/h9-12,14,16,22H,7-8,13,15,17-18H2,1-6H3,(H,36,37)/t22-/m1/s1. The number of amides is 1. The van der Waals surface area contributed by atoms with Crippen molar-refractivity contribution in [3.8, 4) is 5.75 Å². The SMILES string of the molecule is CC(=O)N1CCC[C@@H]1COc1cnc2c(c1)c(SC(C)(C)C)c(CC(C)(C)C(=O)O)n2Cc1ccc(Cl)cc1. The van der Waals surface area contributed by atoms with E-state index in [2.05, 4.69) is 25.3 Å². The predicted octanol–water partition coefficient (Wildman–Crippen LogP) is 6.67. The Morgan fingerprint density at radius 1 is 1.18 bits per heavy atom. The molecule has 210 valence electrons. The monoisotopic (exact) mass is 571 g/mol. The van der Waals surface area contributed by atoms with Crippen LogP contribution in [-0.4, -0.2) is 55.4 Å². The quantitative estimate of drug-likeness (QED) is 0.289. The zero-order valence-electron chi connectivity index (χ0n) is 23.6.